The number of rotatable bonds is 2. The second-order valence-corrected chi connectivity index (χ2v) is 6.54. The fourth-order valence-corrected chi connectivity index (χ4v) is 3.68. The smallest absolute Gasteiger partial charge is 0.223 e. The quantitative estimate of drug-likeness (QED) is 0.645. The molecule has 1 aliphatic carbocycles. The van der Waals surface area contributed by atoms with Gasteiger partial charge in [-0.1, -0.05) is 6.42 Å². The minimum atomic E-state index is -3.17. The molecule has 2 N–H and O–H groups in total. The van der Waals surface area contributed by atoms with E-state index in [1.807, 2.05) is 0 Å². The van der Waals surface area contributed by atoms with Crippen molar-refractivity contribution in [1.82, 2.24) is 5.32 Å². The van der Waals surface area contributed by atoms with Gasteiger partial charge in [-0.2, -0.15) is 0 Å². The van der Waals surface area contributed by atoms with Crippen LogP contribution in [-0.2, 0) is 14.6 Å². The summed E-state index contributed by atoms with van der Waals surface area (Å²) in [5, 5.41) is 12.1. The van der Waals surface area contributed by atoms with Crippen molar-refractivity contribution in [1.29, 1.82) is 0 Å². The normalized spacial score (nSPS) is 34.7. The minimum absolute atomic E-state index is 0.0282. The zero-order valence-electron chi connectivity index (χ0n) is 8.35. The topological polar surface area (TPSA) is 83.5 Å². The Labute approximate surface area is 88.8 Å². The zero-order valence-corrected chi connectivity index (χ0v) is 9.16. The summed E-state index contributed by atoms with van der Waals surface area (Å²) in [6.45, 7) is 0. The van der Waals surface area contributed by atoms with Gasteiger partial charge in [0.15, 0.2) is 9.84 Å². The minimum Gasteiger partial charge on any atom is -0.390 e. The first-order chi connectivity index (χ1) is 6.98. The lowest BCUT2D eigenvalue weighted by Crippen LogP contribution is -2.46. The van der Waals surface area contributed by atoms with Crippen LogP contribution < -0.4 is 5.32 Å². The molecule has 0 unspecified atom stereocenters. The molecule has 1 heterocycles. The summed E-state index contributed by atoms with van der Waals surface area (Å²) in [5.41, 5.74) is 0. The molecule has 6 heteroatoms. The monoisotopic (exact) mass is 233 g/mol. The predicted octanol–water partition coefficient (Wildman–Crippen LogP) is -0.939. The van der Waals surface area contributed by atoms with Crippen molar-refractivity contribution in [2.24, 2.45) is 5.92 Å². The molecule has 1 saturated heterocycles. The standard InChI is InChI=1S/C9H15NO4S/c11-8-5-15(13,14)4-7(8)10-9(12)6-2-1-3-6/h6-8,11H,1-5H2,(H,10,12)/t7-,8-/m1/s1. The molecular formula is C9H15NO4S. The molecule has 2 atom stereocenters. The summed E-state index contributed by atoms with van der Waals surface area (Å²) in [7, 11) is -3.17. The number of carbonyl (C=O) groups is 1. The van der Waals surface area contributed by atoms with E-state index in [0.29, 0.717) is 0 Å². The molecule has 0 aromatic heterocycles. The van der Waals surface area contributed by atoms with Crippen LogP contribution >= 0.6 is 0 Å². The van der Waals surface area contributed by atoms with Gasteiger partial charge in [0, 0.05) is 5.92 Å². The van der Waals surface area contributed by atoms with E-state index in [-0.39, 0.29) is 23.3 Å². The molecule has 1 amide bonds. The van der Waals surface area contributed by atoms with Crippen molar-refractivity contribution in [3.8, 4) is 0 Å². The van der Waals surface area contributed by atoms with Gasteiger partial charge in [-0.25, -0.2) is 8.42 Å². The highest BCUT2D eigenvalue weighted by atomic mass is 32.2. The average Bonchev–Trinajstić information content (AvgIpc) is 2.20. The number of hydrogen-bond acceptors (Lipinski definition) is 4. The fraction of sp³-hybridized carbons (Fsp3) is 0.889. The lowest BCUT2D eigenvalue weighted by Gasteiger charge is -2.26. The second kappa shape index (κ2) is 3.75. The summed E-state index contributed by atoms with van der Waals surface area (Å²) in [6, 6.07) is -0.608. The molecule has 2 rings (SSSR count). The number of nitrogens with one attached hydrogen (secondary N) is 1. The van der Waals surface area contributed by atoms with Crippen molar-refractivity contribution in [3.63, 3.8) is 0 Å². The Kier molecular flexibility index (Phi) is 2.72. The van der Waals surface area contributed by atoms with Crippen molar-refractivity contribution in [2.45, 2.75) is 31.4 Å². The van der Waals surface area contributed by atoms with Gasteiger partial charge in [-0.05, 0) is 12.8 Å². The van der Waals surface area contributed by atoms with Crippen LogP contribution in [0, 0.1) is 5.92 Å². The van der Waals surface area contributed by atoms with Crippen LogP contribution in [0.2, 0.25) is 0 Å². The van der Waals surface area contributed by atoms with Gasteiger partial charge >= 0.3 is 0 Å². The fourth-order valence-electron chi connectivity index (χ4n) is 1.94. The lowest BCUT2D eigenvalue weighted by atomic mass is 9.84. The number of hydrogen-bond donors (Lipinski definition) is 2. The Morgan fingerprint density at radius 3 is 2.33 bits per heavy atom. The number of carbonyl (C=O) groups excluding carboxylic acids is 1. The first kappa shape index (κ1) is 10.9. The van der Waals surface area contributed by atoms with Crippen molar-refractivity contribution < 1.29 is 18.3 Å². The van der Waals surface area contributed by atoms with Crippen molar-refractivity contribution in [3.05, 3.63) is 0 Å². The van der Waals surface area contributed by atoms with E-state index in [1.54, 1.807) is 0 Å². The van der Waals surface area contributed by atoms with Gasteiger partial charge in [0.1, 0.15) is 0 Å². The highest BCUT2D eigenvalue weighted by Crippen LogP contribution is 2.26. The van der Waals surface area contributed by atoms with Crippen LogP contribution in [-0.4, -0.2) is 43.1 Å². The number of aliphatic hydroxyl groups excluding tert-OH is 1. The van der Waals surface area contributed by atoms with Gasteiger partial charge in [0.25, 0.3) is 0 Å². The molecule has 0 spiro atoms. The highest BCUT2D eigenvalue weighted by molar-refractivity contribution is 7.91. The molecule has 0 aromatic rings. The number of amides is 1. The summed E-state index contributed by atoms with van der Waals surface area (Å²) < 4.78 is 22.3. The molecule has 1 aliphatic heterocycles. The van der Waals surface area contributed by atoms with E-state index in [9.17, 15) is 18.3 Å². The summed E-state index contributed by atoms with van der Waals surface area (Å²) in [5.74, 6) is -0.446. The maximum absolute atomic E-state index is 11.5. The van der Waals surface area contributed by atoms with E-state index in [4.69, 9.17) is 0 Å². The largest absolute Gasteiger partial charge is 0.390 e. The van der Waals surface area contributed by atoms with E-state index in [2.05, 4.69) is 5.32 Å². The molecule has 1 saturated carbocycles. The third kappa shape index (κ3) is 2.31. The Morgan fingerprint density at radius 2 is 1.93 bits per heavy atom. The van der Waals surface area contributed by atoms with Gasteiger partial charge < -0.3 is 10.4 Å². The van der Waals surface area contributed by atoms with Crippen molar-refractivity contribution >= 4 is 15.7 Å². The zero-order chi connectivity index (χ0) is 11.1. The third-order valence-electron chi connectivity index (χ3n) is 3.13. The Hall–Kier alpha value is -0.620. The van der Waals surface area contributed by atoms with Crippen LogP contribution in [0.3, 0.4) is 0 Å². The third-order valence-corrected chi connectivity index (χ3v) is 4.84. The SMILES string of the molecule is O=C(N[C@@H]1CS(=O)(=O)C[C@H]1O)C1CCC1. The van der Waals surface area contributed by atoms with E-state index < -0.39 is 22.0 Å². The Morgan fingerprint density at radius 1 is 1.27 bits per heavy atom. The molecule has 2 fully saturated rings. The molecule has 15 heavy (non-hydrogen) atoms. The van der Waals surface area contributed by atoms with Gasteiger partial charge in [0.2, 0.25) is 5.91 Å². The molecule has 5 nitrogen and oxygen atoms in total. The highest BCUT2D eigenvalue weighted by Gasteiger charge is 2.38. The van der Waals surface area contributed by atoms with Crippen LogP contribution in [0.25, 0.3) is 0 Å². The van der Waals surface area contributed by atoms with Crippen LogP contribution in [0.15, 0.2) is 0 Å². The summed E-state index contributed by atoms with van der Waals surface area (Å²) >= 11 is 0. The molecule has 86 valence electrons. The van der Waals surface area contributed by atoms with E-state index in [1.165, 1.54) is 0 Å². The second-order valence-electron chi connectivity index (χ2n) is 4.39. The van der Waals surface area contributed by atoms with Crippen LogP contribution in [0.1, 0.15) is 19.3 Å². The number of sulfone groups is 1. The molecule has 2 aliphatic rings. The Bertz CT molecular complexity index is 360. The Balaban J connectivity index is 1.92. The molecule has 0 aromatic carbocycles. The first-order valence-electron chi connectivity index (χ1n) is 5.17. The van der Waals surface area contributed by atoms with Crippen LogP contribution in [0.4, 0.5) is 0 Å². The molecule has 0 bridgehead atoms. The average molecular weight is 233 g/mol. The maximum Gasteiger partial charge on any atom is 0.223 e. The molecule has 0 radical (unpaired) electrons. The number of aliphatic hydroxyl groups is 1. The summed E-state index contributed by atoms with van der Waals surface area (Å²) in [6.07, 6.45) is 1.87. The van der Waals surface area contributed by atoms with Gasteiger partial charge in [-0.3, -0.25) is 4.79 Å². The van der Waals surface area contributed by atoms with E-state index >= 15 is 0 Å². The first-order valence-corrected chi connectivity index (χ1v) is 6.99. The van der Waals surface area contributed by atoms with E-state index in [0.717, 1.165) is 19.3 Å². The summed E-state index contributed by atoms with van der Waals surface area (Å²) in [4.78, 5) is 11.5. The molecular weight excluding hydrogens is 218 g/mol. The predicted molar refractivity (Wildman–Crippen MR) is 53.9 cm³/mol. The van der Waals surface area contributed by atoms with Gasteiger partial charge in [0.05, 0.1) is 23.7 Å². The lowest BCUT2D eigenvalue weighted by molar-refractivity contribution is -0.128. The van der Waals surface area contributed by atoms with Gasteiger partial charge in [-0.15, -0.1) is 0 Å². The van der Waals surface area contributed by atoms with Crippen LogP contribution in [0.5, 0.6) is 0 Å². The maximum atomic E-state index is 11.5. The van der Waals surface area contributed by atoms with Crippen molar-refractivity contribution in [2.75, 3.05) is 11.5 Å².